The molecule has 0 saturated heterocycles. The van der Waals surface area contributed by atoms with E-state index in [1.807, 2.05) is 42.5 Å². The number of carbonyl (C=O) groups excluding carboxylic acids is 3. The highest BCUT2D eigenvalue weighted by molar-refractivity contribution is 6.35. The predicted molar refractivity (Wildman–Crippen MR) is 196 cm³/mol. The maximum absolute atomic E-state index is 14.6. The van der Waals surface area contributed by atoms with Crippen molar-refractivity contribution in [2.75, 3.05) is 4.90 Å². The van der Waals surface area contributed by atoms with Crippen LogP contribution in [0.3, 0.4) is 0 Å². The maximum Gasteiger partial charge on any atom is 0.270 e. The van der Waals surface area contributed by atoms with Crippen LogP contribution in [0.25, 0.3) is 11.1 Å². The summed E-state index contributed by atoms with van der Waals surface area (Å²) in [7, 11) is 0. The van der Waals surface area contributed by atoms with Crippen molar-refractivity contribution in [2.24, 2.45) is 5.73 Å². The number of fused-ring (bicyclic) bond motifs is 1. The molecular weight excluding hydrogens is 734 g/mol. The van der Waals surface area contributed by atoms with Crippen molar-refractivity contribution in [1.29, 1.82) is 5.26 Å². The van der Waals surface area contributed by atoms with E-state index in [1.54, 1.807) is 25.5 Å². The number of hydrogen-bond acceptors (Lipinski definition) is 9. The SMILES string of the molecule is C[C@@]1(Cc2ccc(-c3cnc(C#N)nc3)cc2)C(=O)N(c2cc(Cl)c(F)c(Cl)c2)c2ncc(C(=O)NC3(C(=O)NC4(c5ccc(CN)cn5)CC4)CC3)n21. The van der Waals surface area contributed by atoms with Crippen LogP contribution in [0, 0.1) is 17.1 Å². The smallest absolute Gasteiger partial charge is 0.270 e. The fraction of sp³-hybridized carbons (Fsp3) is 0.263. The van der Waals surface area contributed by atoms with Crippen molar-refractivity contribution in [3.05, 3.63) is 118 Å². The van der Waals surface area contributed by atoms with Crippen LogP contribution in [-0.2, 0) is 33.6 Å². The average Bonchev–Trinajstić information content (AvgIpc) is 4.09. The molecule has 2 saturated carbocycles. The Hall–Kier alpha value is -5.75. The van der Waals surface area contributed by atoms with Crippen LogP contribution in [0.2, 0.25) is 10.0 Å². The molecule has 272 valence electrons. The van der Waals surface area contributed by atoms with Gasteiger partial charge in [-0.3, -0.25) is 23.9 Å². The third kappa shape index (κ3) is 5.94. The van der Waals surface area contributed by atoms with E-state index in [4.69, 9.17) is 34.2 Å². The van der Waals surface area contributed by atoms with Gasteiger partial charge in [0.05, 0.1) is 33.2 Å². The molecule has 2 aromatic carbocycles. The number of halogens is 3. The van der Waals surface area contributed by atoms with Gasteiger partial charge in [-0.05, 0) is 67.5 Å². The number of imidazole rings is 1. The number of benzene rings is 2. The maximum atomic E-state index is 14.6. The Morgan fingerprint density at radius 2 is 1.57 bits per heavy atom. The molecule has 3 aromatic heterocycles. The molecule has 5 aromatic rings. The molecule has 4 N–H and O–H groups in total. The molecule has 1 atom stereocenters. The number of pyridine rings is 1. The Morgan fingerprint density at radius 3 is 2.15 bits per heavy atom. The summed E-state index contributed by atoms with van der Waals surface area (Å²) in [6.07, 6.45) is 8.54. The van der Waals surface area contributed by atoms with Gasteiger partial charge in [0.15, 0.2) is 5.82 Å². The number of aromatic nitrogens is 5. The zero-order valence-corrected chi connectivity index (χ0v) is 30.2. The van der Waals surface area contributed by atoms with Gasteiger partial charge in [0.2, 0.25) is 17.7 Å². The number of hydrogen-bond donors (Lipinski definition) is 3. The second kappa shape index (κ2) is 13.0. The molecule has 4 heterocycles. The first-order valence-corrected chi connectivity index (χ1v) is 17.9. The fourth-order valence-electron chi connectivity index (χ4n) is 6.93. The fourth-order valence-corrected chi connectivity index (χ4v) is 7.41. The number of anilines is 2. The topological polar surface area (TPSA) is 185 Å². The van der Waals surface area contributed by atoms with Crippen LogP contribution in [0.15, 0.2) is 73.3 Å². The van der Waals surface area contributed by atoms with Gasteiger partial charge in [0.25, 0.3) is 11.8 Å². The molecule has 16 heteroatoms. The number of nitrogens with one attached hydrogen (secondary N) is 2. The van der Waals surface area contributed by atoms with E-state index in [9.17, 15) is 18.8 Å². The minimum atomic E-state index is -1.43. The molecular formula is C38H31Cl2FN10O3. The summed E-state index contributed by atoms with van der Waals surface area (Å²) >= 11 is 12.3. The van der Waals surface area contributed by atoms with Gasteiger partial charge in [-0.25, -0.2) is 24.2 Å². The average molecular weight is 766 g/mol. The van der Waals surface area contributed by atoms with Crippen molar-refractivity contribution in [2.45, 2.75) is 62.2 Å². The highest BCUT2D eigenvalue weighted by Gasteiger charge is 2.57. The summed E-state index contributed by atoms with van der Waals surface area (Å²) in [5.74, 6) is -2.07. The monoisotopic (exact) mass is 764 g/mol. The Balaban J connectivity index is 1.10. The molecule has 1 aliphatic heterocycles. The summed E-state index contributed by atoms with van der Waals surface area (Å²) in [6.45, 7) is 2.04. The largest absolute Gasteiger partial charge is 0.343 e. The van der Waals surface area contributed by atoms with Gasteiger partial charge in [0, 0.05) is 37.1 Å². The van der Waals surface area contributed by atoms with Crippen LogP contribution in [0.1, 0.15) is 65.7 Å². The number of nitrogens with zero attached hydrogens (tertiary/aromatic N) is 7. The zero-order valence-electron chi connectivity index (χ0n) is 28.7. The minimum absolute atomic E-state index is 0.0493. The summed E-state index contributed by atoms with van der Waals surface area (Å²) in [5, 5.41) is 14.5. The molecule has 54 heavy (non-hydrogen) atoms. The second-order valence-electron chi connectivity index (χ2n) is 14.0. The summed E-state index contributed by atoms with van der Waals surface area (Å²) in [6, 6.07) is 15.6. The standard InChI is InChI=1S/C38H31Cl2FN10O3/c1-36(14-21-2-5-23(6-3-21)24-18-45-30(16-43)46-19-24)34(54)50(25-12-26(39)31(41)27(40)13-25)35-47-20-28(51(35)36)32(52)48-38(10-11-38)33(53)49-37(8-9-37)29-7-4-22(15-42)17-44-29/h2-7,12-13,17-20H,8-11,14-15,42H2,1H3,(H,48,52)(H,49,53)/t36-/m1/s1. The van der Waals surface area contributed by atoms with Crippen molar-refractivity contribution >= 4 is 52.6 Å². The lowest BCUT2D eigenvalue weighted by molar-refractivity contribution is -0.125. The molecule has 2 aliphatic carbocycles. The molecule has 0 bridgehead atoms. The van der Waals surface area contributed by atoms with E-state index in [-0.39, 0.29) is 45.5 Å². The Bertz CT molecular complexity index is 2370. The normalized spacial score (nSPS) is 18.8. The van der Waals surface area contributed by atoms with E-state index in [2.05, 4.69) is 30.6 Å². The van der Waals surface area contributed by atoms with Crippen LogP contribution in [0.5, 0.6) is 0 Å². The highest BCUT2D eigenvalue weighted by Crippen LogP contribution is 2.48. The van der Waals surface area contributed by atoms with E-state index in [0.717, 1.165) is 22.4 Å². The lowest BCUT2D eigenvalue weighted by Gasteiger charge is -2.27. The summed E-state index contributed by atoms with van der Waals surface area (Å²) < 4.78 is 16.0. The lowest BCUT2D eigenvalue weighted by atomic mass is 9.90. The van der Waals surface area contributed by atoms with Crippen LogP contribution >= 0.6 is 23.2 Å². The van der Waals surface area contributed by atoms with Gasteiger partial charge in [-0.2, -0.15) is 5.26 Å². The second-order valence-corrected chi connectivity index (χ2v) is 14.8. The highest BCUT2D eigenvalue weighted by atomic mass is 35.5. The quantitative estimate of drug-likeness (QED) is 0.161. The first-order valence-electron chi connectivity index (χ1n) is 17.1. The van der Waals surface area contributed by atoms with E-state index >= 15 is 0 Å². The first-order chi connectivity index (χ1) is 25.9. The van der Waals surface area contributed by atoms with Crippen molar-refractivity contribution in [1.82, 2.24) is 35.1 Å². The Kier molecular flexibility index (Phi) is 8.48. The van der Waals surface area contributed by atoms with Crippen molar-refractivity contribution < 1.29 is 18.8 Å². The van der Waals surface area contributed by atoms with E-state index in [1.165, 1.54) is 27.8 Å². The third-order valence-corrected chi connectivity index (χ3v) is 10.9. The van der Waals surface area contributed by atoms with Crippen LogP contribution < -0.4 is 21.3 Å². The Labute approximate surface area is 318 Å². The molecule has 8 rings (SSSR count). The molecule has 3 aliphatic rings. The molecule has 13 nitrogen and oxygen atoms in total. The van der Waals surface area contributed by atoms with Crippen LogP contribution in [0.4, 0.5) is 16.0 Å². The van der Waals surface area contributed by atoms with E-state index < -0.39 is 34.2 Å². The van der Waals surface area contributed by atoms with E-state index in [0.29, 0.717) is 37.8 Å². The van der Waals surface area contributed by atoms with Crippen LogP contribution in [-0.4, -0.2) is 47.8 Å². The number of amides is 3. The predicted octanol–water partition coefficient (Wildman–Crippen LogP) is 5.22. The molecule has 3 amide bonds. The van der Waals surface area contributed by atoms with Gasteiger partial charge < -0.3 is 16.4 Å². The summed E-state index contributed by atoms with van der Waals surface area (Å²) in [5.41, 5.74) is 6.58. The van der Waals surface area contributed by atoms with Gasteiger partial charge in [-0.1, -0.05) is 53.5 Å². The molecule has 0 spiro atoms. The van der Waals surface area contributed by atoms with Gasteiger partial charge >= 0.3 is 0 Å². The molecule has 2 fully saturated rings. The minimum Gasteiger partial charge on any atom is -0.343 e. The number of nitrogens with two attached hydrogens (primary N) is 1. The number of rotatable bonds is 10. The van der Waals surface area contributed by atoms with Gasteiger partial charge in [-0.15, -0.1) is 0 Å². The Morgan fingerprint density at radius 1 is 0.907 bits per heavy atom. The third-order valence-electron chi connectivity index (χ3n) is 10.3. The number of nitriles is 1. The van der Waals surface area contributed by atoms with Gasteiger partial charge in [0.1, 0.15) is 22.8 Å². The lowest BCUT2D eigenvalue weighted by Crippen LogP contribution is -2.52. The zero-order chi connectivity index (χ0) is 38.0. The first kappa shape index (κ1) is 35.3. The summed E-state index contributed by atoms with van der Waals surface area (Å²) in [4.78, 5) is 60.9. The number of carbonyl (C=O) groups is 3. The van der Waals surface area contributed by atoms with Crippen molar-refractivity contribution in [3.8, 4) is 17.2 Å². The molecule has 0 radical (unpaired) electrons. The molecule has 0 unspecified atom stereocenters. The van der Waals surface area contributed by atoms with Crippen molar-refractivity contribution in [3.63, 3.8) is 0 Å².